The Balaban J connectivity index is 1.96. The molecule has 98 valence electrons. The summed E-state index contributed by atoms with van der Waals surface area (Å²) in [6.45, 7) is 3.21. The average Bonchev–Trinajstić information content (AvgIpc) is 2.46. The number of aliphatic hydroxyl groups excluding tert-OH is 1. The second-order valence-corrected chi connectivity index (χ2v) is 4.50. The van der Waals surface area contributed by atoms with Crippen LogP contribution in [-0.4, -0.2) is 18.2 Å². The van der Waals surface area contributed by atoms with Crippen LogP contribution in [0, 0.1) is 11.8 Å². The van der Waals surface area contributed by atoms with Gasteiger partial charge >= 0.3 is 0 Å². The molecule has 0 fully saturated rings. The SMILES string of the molecule is CC#CCCNCC(O)c1ccc2ccccc2c1. The lowest BCUT2D eigenvalue weighted by Crippen LogP contribution is -2.22. The number of aliphatic hydroxyl groups is 1. The maximum Gasteiger partial charge on any atom is 0.0914 e. The molecule has 1 unspecified atom stereocenters. The minimum absolute atomic E-state index is 0.473. The van der Waals surface area contributed by atoms with Crippen LogP contribution in [0.2, 0.25) is 0 Å². The summed E-state index contributed by atoms with van der Waals surface area (Å²) in [6, 6.07) is 14.3. The van der Waals surface area contributed by atoms with Crippen molar-refractivity contribution in [2.75, 3.05) is 13.1 Å². The van der Waals surface area contributed by atoms with E-state index in [-0.39, 0.29) is 0 Å². The van der Waals surface area contributed by atoms with Gasteiger partial charge in [-0.1, -0.05) is 36.4 Å². The molecule has 0 heterocycles. The first kappa shape index (κ1) is 13.6. The second-order valence-electron chi connectivity index (χ2n) is 4.50. The van der Waals surface area contributed by atoms with Gasteiger partial charge in [0.05, 0.1) is 6.10 Å². The van der Waals surface area contributed by atoms with E-state index in [0.29, 0.717) is 6.54 Å². The number of hydrogen-bond donors (Lipinski definition) is 2. The monoisotopic (exact) mass is 253 g/mol. The second kappa shape index (κ2) is 6.94. The first-order valence-corrected chi connectivity index (χ1v) is 6.58. The molecule has 1 atom stereocenters. The molecule has 0 aromatic heterocycles. The van der Waals surface area contributed by atoms with Crippen LogP contribution in [0.4, 0.5) is 0 Å². The molecule has 0 radical (unpaired) electrons. The highest BCUT2D eigenvalue weighted by molar-refractivity contribution is 5.83. The van der Waals surface area contributed by atoms with Crippen molar-refractivity contribution in [2.45, 2.75) is 19.4 Å². The third-order valence-electron chi connectivity index (χ3n) is 3.10. The van der Waals surface area contributed by atoms with Crippen LogP contribution >= 0.6 is 0 Å². The molecule has 19 heavy (non-hydrogen) atoms. The topological polar surface area (TPSA) is 32.3 Å². The molecule has 2 aromatic rings. The molecule has 0 aliphatic heterocycles. The van der Waals surface area contributed by atoms with E-state index < -0.39 is 6.10 Å². The van der Waals surface area contributed by atoms with Crippen LogP contribution in [-0.2, 0) is 0 Å². The molecule has 0 saturated heterocycles. The summed E-state index contributed by atoms with van der Waals surface area (Å²) < 4.78 is 0. The van der Waals surface area contributed by atoms with Gasteiger partial charge in [-0.3, -0.25) is 0 Å². The van der Waals surface area contributed by atoms with E-state index >= 15 is 0 Å². The fourth-order valence-corrected chi connectivity index (χ4v) is 2.05. The van der Waals surface area contributed by atoms with Crippen LogP contribution in [0.15, 0.2) is 42.5 Å². The minimum atomic E-state index is -0.473. The van der Waals surface area contributed by atoms with Crippen molar-refractivity contribution < 1.29 is 5.11 Å². The van der Waals surface area contributed by atoms with E-state index in [4.69, 9.17) is 0 Å². The Labute approximate surface area is 114 Å². The van der Waals surface area contributed by atoms with E-state index in [1.165, 1.54) is 5.39 Å². The summed E-state index contributed by atoms with van der Waals surface area (Å²) >= 11 is 0. The Morgan fingerprint density at radius 3 is 2.74 bits per heavy atom. The van der Waals surface area contributed by atoms with Gasteiger partial charge < -0.3 is 10.4 Å². The van der Waals surface area contributed by atoms with E-state index in [2.05, 4.69) is 35.4 Å². The van der Waals surface area contributed by atoms with Crippen molar-refractivity contribution in [3.05, 3.63) is 48.0 Å². The first-order chi connectivity index (χ1) is 9.31. The summed E-state index contributed by atoms with van der Waals surface area (Å²) in [5, 5.41) is 15.7. The van der Waals surface area contributed by atoms with Gasteiger partial charge in [0.1, 0.15) is 0 Å². The van der Waals surface area contributed by atoms with E-state index in [9.17, 15) is 5.11 Å². The lowest BCUT2D eigenvalue weighted by Gasteiger charge is -2.12. The number of hydrogen-bond acceptors (Lipinski definition) is 2. The Morgan fingerprint density at radius 1 is 1.16 bits per heavy atom. The smallest absolute Gasteiger partial charge is 0.0914 e. The molecule has 2 heteroatoms. The summed E-state index contributed by atoms with van der Waals surface area (Å²) in [5.41, 5.74) is 0.952. The van der Waals surface area contributed by atoms with Gasteiger partial charge in [0.15, 0.2) is 0 Å². The Bertz CT molecular complexity index is 595. The normalized spacial score (nSPS) is 11.9. The average molecular weight is 253 g/mol. The Hall–Kier alpha value is -1.82. The largest absolute Gasteiger partial charge is 0.387 e. The third kappa shape index (κ3) is 3.82. The van der Waals surface area contributed by atoms with Crippen LogP contribution in [0.1, 0.15) is 25.0 Å². The van der Waals surface area contributed by atoms with Crippen LogP contribution in [0.5, 0.6) is 0 Å². The molecule has 0 aliphatic carbocycles. The van der Waals surface area contributed by atoms with E-state index in [1.54, 1.807) is 0 Å². The molecule has 0 saturated carbocycles. The molecule has 0 amide bonds. The molecule has 2 rings (SSSR count). The van der Waals surface area contributed by atoms with Crippen molar-refractivity contribution >= 4 is 10.8 Å². The van der Waals surface area contributed by atoms with Crippen molar-refractivity contribution in [3.8, 4) is 11.8 Å². The molecule has 2 aromatic carbocycles. The zero-order chi connectivity index (χ0) is 13.5. The fraction of sp³-hybridized carbons (Fsp3) is 0.294. The molecule has 0 bridgehead atoms. The maximum absolute atomic E-state index is 10.1. The number of fused-ring (bicyclic) bond motifs is 1. The highest BCUT2D eigenvalue weighted by Gasteiger charge is 2.07. The molecular weight excluding hydrogens is 234 g/mol. The Morgan fingerprint density at radius 2 is 1.95 bits per heavy atom. The predicted octanol–water partition coefficient (Wildman–Crippen LogP) is 2.88. The predicted molar refractivity (Wildman–Crippen MR) is 79.8 cm³/mol. The van der Waals surface area contributed by atoms with Gasteiger partial charge in [-0.2, -0.15) is 0 Å². The zero-order valence-electron chi connectivity index (χ0n) is 11.2. The highest BCUT2D eigenvalue weighted by atomic mass is 16.3. The fourth-order valence-electron chi connectivity index (χ4n) is 2.05. The molecule has 2 nitrogen and oxygen atoms in total. The van der Waals surface area contributed by atoms with Gasteiger partial charge in [0.2, 0.25) is 0 Å². The van der Waals surface area contributed by atoms with Crippen molar-refractivity contribution in [1.82, 2.24) is 5.32 Å². The van der Waals surface area contributed by atoms with Crippen molar-refractivity contribution in [2.24, 2.45) is 0 Å². The van der Waals surface area contributed by atoms with Gasteiger partial charge in [0.25, 0.3) is 0 Å². The standard InChI is InChI=1S/C17H19NO/c1-2-3-6-11-18-13-17(19)16-10-9-14-7-4-5-8-15(14)12-16/h4-5,7-10,12,17-19H,6,11,13H2,1H3. The highest BCUT2D eigenvalue weighted by Crippen LogP contribution is 2.19. The van der Waals surface area contributed by atoms with Crippen molar-refractivity contribution in [3.63, 3.8) is 0 Å². The number of benzene rings is 2. The van der Waals surface area contributed by atoms with Gasteiger partial charge in [-0.15, -0.1) is 11.8 Å². The maximum atomic E-state index is 10.1. The zero-order valence-corrected chi connectivity index (χ0v) is 11.2. The van der Waals surface area contributed by atoms with Crippen LogP contribution < -0.4 is 5.32 Å². The summed E-state index contributed by atoms with van der Waals surface area (Å²) in [4.78, 5) is 0. The molecular formula is C17H19NO. The lowest BCUT2D eigenvalue weighted by atomic mass is 10.0. The number of nitrogens with one attached hydrogen (secondary N) is 1. The summed E-state index contributed by atoms with van der Waals surface area (Å²) in [6.07, 6.45) is 0.347. The molecule has 0 aliphatic rings. The van der Waals surface area contributed by atoms with Crippen LogP contribution in [0.25, 0.3) is 10.8 Å². The molecule has 0 spiro atoms. The lowest BCUT2D eigenvalue weighted by molar-refractivity contribution is 0.175. The van der Waals surface area contributed by atoms with E-state index in [0.717, 1.165) is 23.9 Å². The van der Waals surface area contributed by atoms with E-state index in [1.807, 2.05) is 31.2 Å². The Kier molecular flexibility index (Phi) is 4.97. The number of rotatable bonds is 5. The first-order valence-electron chi connectivity index (χ1n) is 6.58. The van der Waals surface area contributed by atoms with Gasteiger partial charge in [0, 0.05) is 19.5 Å². The molecule has 2 N–H and O–H groups in total. The van der Waals surface area contributed by atoms with Gasteiger partial charge in [-0.05, 0) is 29.3 Å². The van der Waals surface area contributed by atoms with Crippen molar-refractivity contribution in [1.29, 1.82) is 0 Å². The summed E-state index contributed by atoms with van der Waals surface area (Å²) in [5.74, 6) is 5.85. The minimum Gasteiger partial charge on any atom is -0.387 e. The summed E-state index contributed by atoms with van der Waals surface area (Å²) in [7, 11) is 0. The van der Waals surface area contributed by atoms with Gasteiger partial charge in [-0.25, -0.2) is 0 Å². The quantitative estimate of drug-likeness (QED) is 0.634. The van der Waals surface area contributed by atoms with Crippen LogP contribution in [0.3, 0.4) is 0 Å². The third-order valence-corrected chi connectivity index (χ3v) is 3.10.